The molecule has 1 aromatic heterocycles. The summed E-state index contributed by atoms with van der Waals surface area (Å²) in [6, 6.07) is 3.83. The molecule has 0 saturated carbocycles. The molecule has 0 aliphatic heterocycles. The Hall–Kier alpha value is -0.730. The van der Waals surface area contributed by atoms with Crippen molar-refractivity contribution in [3.63, 3.8) is 0 Å². The molecule has 80 valence electrons. The molecule has 0 saturated heterocycles. The molecule has 0 spiro atoms. The second-order valence-corrected chi connectivity index (χ2v) is 5.20. The third-order valence-electron chi connectivity index (χ3n) is 1.88. The summed E-state index contributed by atoms with van der Waals surface area (Å²) in [6.45, 7) is 7.86. The van der Waals surface area contributed by atoms with Crippen molar-refractivity contribution in [1.29, 1.82) is 0 Å². The van der Waals surface area contributed by atoms with Crippen LogP contribution in [0.2, 0.25) is 5.02 Å². The van der Waals surface area contributed by atoms with E-state index in [9.17, 15) is 0 Å². The number of allylic oxidation sites excluding steroid dienone is 3. The van der Waals surface area contributed by atoms with Gasteiger partial charge in [0.25, 0.3) is 0 Å². The molecule has 0 radical (unpaired) electrons. The van der Waals surface area contributed by atoms with Crippen LogP contribution >= 0.6 is 23.4 Å². The van der Waals surface area contributed by atoms with Crippen molar-refractivity contribution < 1.29 is 0 Å². The van der Waals surface area contributed by atoms with E-state index in [1.807, 2.05) is 18.2 Å². The van der Waals surface area contributed by atoms with Crippen molar-refractivity contribution in [1.82, 2.24) is 4.98 Å². The lowest BCUT2D eigenvalue weighted by Crippen LogP contribution is -1.91. The van der Waals surface area contributed by atoms with Crippen LogP contribution < -0.4 is 0 Å². The van der Waals surface area contributed by atoms with Crippen molar-refractivity contribution in [2.75, 3.05) is 0 Å². The van der Waals surface area contributed by atoms with Gasteiger partial charge in [-0.05, 0) is 30.9 Å². The summed E-state index contributed by atoms with van der Waals surface area (Å²) in [4.78, 5) is 5.52. The molecular weight excluding hydrogens is 226 g/mol. The zero-order chi connectivity index (χ0) is 11.3. The molecule has 0 N–H and O–H groups in total. The first kappa shape index (κ1) is 12.3. The van der Waals surface area contributed by atoms with Gasteiger partial charge in [0.1, 0.15) is 0 Å². The third-order valence-corrected chi connectivity index (χ3v) is 3.21. The number of rotatable bonds is 4. The molecule has 0 aliphatic carbocycles. The van der Waals surface area contributed by atoms with Gasteiger partial charge in [0.05, 0.1) is 10.7 Å². The lowest BCUT2D eigenvalue weighted by Gasteiger charge is -2.10. The monoisotopic (exact) mass is 239 g/mol. The zero-order valence-electron chi connectivity index (χ0n) is 8.90. The smallest absolute Gasteiger partial charge is 0.0589 e. The molecule has 0 amide bonds. The normalized spacial score (nSPS) is 13.7. The first-order chi connectivity index (χ1) is 7.13. The van der Waals surface area contributed by atoms with E-state index in [-0.39, 0.29) is 0 Å². The van der Waals surface area contributed by atoms with E-state index in [0.717, 1.165) is 5.69 Å². The zero-order valence-corrected chi connectivity index (χ0v) is 10.5. The van der Waals surface area contributed by atoms with Crippen molar-refractivity contribution in [3.8, 4) is 0 Å². The van der Waals surface area contributed by atoms with Crippen LogP contribution in [0, 0.1) is 0 Å². The number of hydrogen-bond donors (Lipinski definition) is 0. The first-order valence-corrected chi connectivity index (χ1v) is 5.96. The predicted octanol–water partition coefficient (Wildman–Crippen LogP) is 4.62. The van der Waals surface area contributed by atoms with Crippen molar-refractivity contribution in [2.24, 2.45) is 0 Å². The molecule has 1 rings (SSSR count). The topological polar surface area (TPSA) is 12.9 Å². The molecule has 0 aliphatic rings. The van der Waals surface area contributed by atoms with Crippen molar-refractivity contribution >= 4 is 23.4 Å². The van der Waals surface area contributed by atoms with Crippen LogP contribution in [0.3, 0.4) is 0 Å². The van der Waals surface area contributed by atoms with Gasteiger partial charge in [0.2, 0.25) is 0 Å². The molecule has 1 aromatic rings. The largest absolute Gasteiger partial charge is 0.259 e. The van der Waals surface area contributed by atoms with E-state index in [1.165, 1.54) is 4.91 Å². The van der Waals surface area contributed by atoms with E-state index in [2.05, 4.69) is 25.4 Å². The molecule has 1 nitrogen and oxygen atoms in total. The molecule has 3 heteroatoms. The Labute approximate surface area is 100 Å². The molecule has 1 unspecified atom stereocenters. The fourth-order valence-corrected chi connectivity index (χ4v) is 2.28. The van der Waals surface area contributed by atoms with Gasteiger partial charge in [0.15, 0.2) is 0 Å². The number of nitrogens with zero attached hydrogens (tertiary/aromatic N) is 1. The Bertz CT molecular complexity index is 356. The van der Waals surface area contributed by atoms with E-state index < -0.39 is 0 Å². The maximum absolute atomic E-state index is 5.78. The lowest BCUT2D eigenvalue weighted by atomic mass is 10.3. The number of hydrogen-bond acceptors (Lipinski definition) is 2. The van der Waals surface area contributed by atoms with Gasteiger partial charge in [-0.3, -0.25) is 4.98 Å². The number of aromatic nitrogens is 1. The van der Waals surface area contributed by atoms with E-state index in [0.29, 0.717) is 10.3 Å². The maximum Gasteiger partial charge on any atom is 0.0589 e. The molecule has 0 fully saturated rings. The van der Waals surface area contributed by atoms with Crippen LogP contribution in [0.25, 0.3) is 0 Å². The van der Waals surface area contributed by atoms with Gasteiger partial charge >= 0.3 is 0 Å². The summed E-state index contributed by atoms with van der Waals surface area (Å²) in [5.41, 5.74) is 1.04. The summed E-state index contributed by atoms with van der Waals surface area (Å²) >= 11 is 7.55. The predicted molar refractivity (Wildman–Crippen MR) is 69.2 cm³/mol. The second kappa shape index (κ2) is 5.99. The fraction of sp³-hybridized carbons (Fsp3) is 0.250. The second-order valence-electron chi connectivity index (χ2n) is 3.17. The minimum absolute atomic E-state index is 0.332. The van der Waals surface area contributed by atoms with E-state index in [4.69, 9.17) is 11.6 Å². The van der Waals surface area contributed by atoms with Crippen LogP contribution in [-0.2, 0) is 0 Å². The average Bonchev–Trinajstić information content (AvgIpc) is 2.18. The van der Waals surface area contributed by atoms with Crippen molar-refractivity contribution in [2.45, 2.75) is 19.1 Å². The minimum Gasteiger partial charge on any atom is -0.259 e. The van der Waals surface area contributed by atoms with Gasteiger partial charge in [-0.1, -0.05) is 30.3 Å². The Morgan fingerprint density at radius 2 is 2.33 bits per heavy atom. The Kier molecular flexibility index (Phi) is 4.92. The molecule has 0 aromatic carbocycles. The molecule has 0 bridgehead atoms. The van der Waals surface area contributed by atoms with Gasteiger partial charge in [-0.2, -0.15) is 0 Å². The van der Waals surface area contributed by atoms with Crippen LogP contribution in [0.5, 0.6) is 0 Å². The first-order valence-electron chi connectivity index (χ1n) is 4.71. The SMILES string of the molecule is C=C/C=C(/C)SC(C)c1ccc(Cl)cn1. The number of halogens is 1. The highest BCUT2D eigenvalue weighted by Gasteiger charge is 2.07. The minimum atomic E-state index is 0.332. The Morgan fingerprint density at radius 3 is 2.87 bits per heavy atom. The van der Waals surface area contributed by atoms with E-state index >= 15 is 0 Å². The summed E-state index contributed by atoms with van der Waals surface area (Å²) in [5.74, 6) is 0. The standard InChI is InChI=1S/C12H14ClNS/c1-4-5-9(2)15-10(3)12-7-6-11(13)8-14-12/h4-8,10H,1H2,2-3H3/b9-5-. The summed E-state index contributed by atoms with van der Waals surface area (Å²) in [7, 11) is 0. The maximum atomic E-state index is 5.78. The Morgan fingerprint density at radius 1 is 1.60 bits per heavy atom. The van der Waals surface area contributed by atoms with E-state index in [1.54, 1.807) is 24.0 Å². The quantitative estimate of drug-likeness (QED) is 0.712. The van der Waals surface area contributed by atoms with Crippen LogP contribution in [0.15, 0.2) is 42.0 Å². The van der Waals surface area contributed by atoms with Crippen molar-refractivity contribution in [3.05, 3.63) is 52.7 Å². The van der Waals surface area contributed by atoms with Gasteiger partial charge in [-0.25, -0.2) is 0 Å². The number of thioether (sulfide) groups is 1. The van der Waals surface area contributed by atoms with Gasteiger partial charge in [-0.15, -0.1) is 11.8 Å². The number of pyridine rings is 1. The summed E-state index contributed by atoms with van der Waals surface area (Å²) in [5, 5.41) is 1.01. The lowest BCUT2D eigenvalue weighted by molar-refractivity contribution is 1.01. The summed E-state index contributed by atoms with van der Waals surface area (Å²) < 4.78 is 0. The highest BCUT2D eigenvalue weighted by atomic mass is 35.5. The highest BCUT2D eigenvalue weighted by Crippen LogP contribution is 2.32. The van der Waals surface area contributed by atoms with Gasteiger partial charge < -0.3 is 0 Å². The van der Waals surface area contributed by atoms with Crippen LogP contribution in [-0.4, -0.2) is 4.98 Å². The molecule has 1 heterocycles. The van der Waals surface area contributed by atoms with Gasteiger partial charge in [0, 0.05) is 11.4 Å². The fourth-order valence-electron chi connectivity index (χ4n) is 1.17. The Balaban J connectivity index is 2.68. The summed E-state index contributed by atoms with van der Waals surface area (Å²) in [6.07, 6.45) is 5.47. The molecular formula is C12H14ClNS. The average molecular weight is 240 g/mol. The molecule has 1 atom stereocenters. The van der Waals surface area contributed by atoms with Crippen LogP contribution in [0.1, 0.15) is 24.8 Å². The third kappa shape index (κ3) is 4.10. The highest BCUT2D eigenvalue weighted by molar-refractivity contribution is 8.03. The molecule has 15 heavy (non-hydrogen) atoms. The van der Waals surface area contributed by atoms with Crippen LogP contribution in [0.4, 0.5) is 0 Å².